The van der Waals surface area contributed by atoms with Gasteiger partial charge in [-0.05, 0) is 26.0 Å². The van der Waals surface area contributed by atoms with Crippen LogP contribution in [-0.2, 0) is 4.79 Å². The molecule has 2 rings (SSSR count). The Labute approximate surface area is 125 Å². The normalized spacial score (nSPS) is 12.7. The zero-order chi connectivity index (χ0) is 14.0. The van der Waals surface area contributed by atoms with Crippen molar-refractivity contribution in [2.45, 2.75) is 25.3 Å². The second-order valence-electron chi connectivity index (χ2n) is 4.56. The van der Waals surface area contributed by atoms with Crippen molar-refractivity contribution in [2.24, 2.45) is 0 Å². The second-order valence-corrected chi connectivity index (χ2v) is 5.85. The number of benzene rings is 1. The Morgan fingerprint density at radius 1 is 1.37 bits per heavy atom. The summed E-state index contributed by atoms with van der Waals surface area (Å²) in [7, 11) is 0. The Hall–Kier alpha value is -1.13. The summed E-state index contributed by atoms with van der Waals surface area (Å²) < 4.78 is 0.937. The van der Waals surface area contributed by atoms with E-state index in [2.05, 4.69) is 26.2 Å². The summed E-state index contributed by atoms with van der Waals surface area (Å²) in [5, 5.41) is 3.01. The van der Waals surface area contributed by atoms with Crippen LogP contribution in [-0.4, -0.2) is 16.9 Å². The highest BCUT2D eigenvalue weighted by Gasteiger charge is 2.21. The first-order chi connectivity index (χ1) is 9.00. The maximum absolute atomic E-state index is 12.0. The Morgan fingerprint density at radius 3 is 2.79 bits per heavy atom. The summed E-state index contributed by atoms with van der Waals surface area (Å²) in [6, 6.07) is 7.58. The number of rotatable bonds is 3. The predicted molar refractivity (Wildman–Crippen MR) is 81.3 cm³/mol. The van der Waals surface area contributed by atoms with Gasteiger partial charge >= 0.3 is 0 Å². The van der Waals surface area contributed by atoms with Crippen LogP contribution in [0.25, 0.3) is 10.9 Å². The number of hydrogen-bond acceptors (Lipinski definition) is 2. The third-order valence-electron chi connectivity index (χ3n) is 2.68. The minimum atomic E-state index is -0.743. The fourth-order valence-corrected chi connectivity index (χ4v) is 2.55. The molecule has 1 N–H and O–H groups in total. The highest BCUT2D eigenvalue weighted by atomic mass is 79.9. The number of amides is 1. The molecule has 0 spiro atoms. The Morgan fingerprint density at radius 2 is 2.11 bits per heavy atom. The summed E-state index contributed by atoms with van der Waals surface area (Å²) in [4.78, 5) is 16.3. The van der Waals surface area contributed by atoms with Gasteiger partial charge in [0.25, 0.3) is 0 Å². The third kappa shape index (κ3) is 3.07. The van der Waals surface area contributed by atoms with E-state index in [0.717, 1.165) is 20.9 Å². The van der Waals surface area contributed by atoms with Gasteiger partial charge < -0.3 is 5.32 Å². The fourth-order valence-electron chi connectivity index (χ4n) is 1.86. The first-order valence-electron chi connectivity index (χ1n) is 5.98. The van der Waals surface area contributed by atoms with Gasteiger partial charge in [0.05, 0.1) is 5.52 Å². The summed E-state index contributed by atoms with van der Waals surface area (Å²) in [6.07, 6.45) is 1.70. The van der Waals surface area contributed by atoms with Gasteiger partial charge in [0, 0.05) is 27.7 Å². The van der Waals surface area contributed by atoms with E-state index in [1.165, 1.54) is 0 Å². The van der Waals surface area contributed by atoms with E-state index in [9.17, 15) is 4.79 Å². The van der Waals surface area contributed by atoms with Crippen LogP contribution in [0.4, 0.5) is 0 Å². The number of aromatic nitrogens is 1. The molecule has 1 atom stereocenters. The first-order valence-corrected chi connectivity index (χ1v) is 7.21. The number of carbonyl (C=O) groups excluding carboxylic acids is 1. The van der Waals surface area contributed by atoms with Crippen molar-refractivity contribution in [1.82, 2.24) is 10.3 Å². The van der Waals surface area contributed by atoms with Crippen molar-refractivity contribution in [3.8, 4) is 0 Å². The second kappa shape index (κ2) is 5.88. The molecule has 1 aromatic heterocycles. The molecule has 0 fully saturated rings. The molecular formula is C14H14BrClN2O. The van der Waals surface area contributed by atoms with E-state index < -0.39 is 5.38 Å². The van der Waals surface area contributed by atoms with Gasteiger partial charge in [-0.1, -0.05) is 28.1 Å². The van der Waals surface area contributed by atoms with Gasteiger partial charge in [-0.3, -0.25) is 9.78 Å². The van der Waals surface area contributed by atoms with E-state index in [0.29, 0.717) is 0 Å². The molecule has 1 aromatic carbocycles. The van der Waals surface area contributed by atoms with E-state index in [4.69, 9.17) is 11.6 Å². The topological polar surface area (TPSA) is 42.0 Å². The first kappa shape index (κ1) is 14.3. The molecule has 1 unspecified atom stereocenters. The van der Waals surface area contributed by atoms with Crippen LogP contribution in [0.2, 0.25) is 0 Å². The smallest absolute Gasteiger partial charge is 0.242 e. The minimum absolute atomic E-state index is 0.0587. The standard InChI is InChI=1S/C14H14BrClN2O/c1-8(2)18-14(19)12(16)10-5-6-11(15)9-4-3-7-17-13(9)10/h3-8,12H,1-2H3,(H,18,19). The van der Waals surface area contributed by atoms with Crippen LogP contribution in [0.5, 0.6) is 0 Å². The lowest BCUT2D eigenvalue weighted by molar-refractivity contribution is -0.121. The molecular weight excluding hydrogens is 328 g/mol. The molecule has 5 heteroatoms. The lowest BCUT2D eigenvalue weighted by Gasteiger charge is -2.15. The van der Waals surface area contributed by atoms with Crippen LogP contribution < -0.4 is 5.32 Å². The number of pyridine rings is 1. The molecule has 1 amide bonds. The summed E-state index contributed by atoms with van der Waals surface area (Å²) in [6.45, 7) is 3.80. The van der Waals surface area contributed by atoms with Crippen LogP contribution in [0.15, 0.2) is 34.9 Å². The minimum Gasteiger partial charge on any atom is -0.352 e. The number of hydrogen-bond donors (Lipinski definition) is 1. The zero-order valence-electron chi connectivity index (χ0n) is 10.7. The number of nitrogens with zero attached hydrogens (tertiary/aromatic N) is 1. The maximum Gasteiger partial charge on any atom is 0.242 e. The van der Waals surface area contributed by atoms with Gasteiger partial charge in [-0.25, -0.2) is 0 Å². The highest BCUT2D eigenvalue weighted by Crippen LogP contribution is 2.31. The van der Waals surface area contributed by atoms with Crippen molar-refractivity contribution < 1.29 is 4.79 Å². The Bertz CT molecular complexity index is 615. The van der Waals surface area contributed by atoms with E-state index in [-0.39, 0.29) is 11.9 Å². The van der Waals surface area contributed by atoms with Crippen LogP contribution in [0.1, 0.15) is 24.8 Å². The average molecular weight is 342 g/mol. The van der Waals surface area contributed by atoms with Crippen LogP contribution in [0.3, 0.4) is 0 Å². The third-order valence-corrected chi connectivity index (χ3v) is 3.81. The molecule has 0 radical (unpaired) electrons. The van der Waals surface area contributed by atoms with Crippen LogP contribution in [0, 0.1) is 0 Å². The molecule has 0 aliphatic carbocycles. The van der Waals surface area contributed by atoms with Crippen LogP contribution >= 0.6 is 27.5 Å². The summed E-state index contributed by atoms with van der Waals surface area (Å²) in [5.74, 6) is -0.203. The van der Waals surface area contributed by atoms with E-state index in [1.807, 2.05) is 38.1 Å². The molecule has 0 aliphatic heterocycles. The predicted octanol–water partition coefficient (Wildman–Crippen LogP) is 3.80. The summed E-state index contributed by atoms with van der Waals surface area (Å²) >= 11 is 9.74. The molecule has 0 saturated carbocycles. The molecule has 1 heterocycles. The monoisotopic (exact) mass is 340 g/mol. The van der Waals surface area contributed by atoms with Crippen molar-refractivity contribution in [1.29, 1.82) is 0 Å². The van der Waals surface area contributed by atoms with Gasteiger partial charge in [0.1, 0.15) is 5.38 Å². The van der Waals surface area contributed by atoms with E-state index in [1.54, 1.807) is 6.20 Å². The van der Waals surface area contributed by atoms with Gasteiger partial charge in [-0.2, -0.15) is 0 Å². The SMILES string of the molecule is CC(C)NC(=O)C(Cl)c1ccc(Br)c2cccnc12. The quantitative estimate of drug-likeness (QED) is 0.863. The molecule has 100 valence electrons. The molecule has 2 aromatic rings. The lowest BCUT2D eigenvalue weighted by Crippen LogP contribution is -2.32. The maximum atomic E-state index is 12.0. The Kier molecular flexibility index (Phi) is 4.42. The van der Waals surface area contributed by atoms with Crippen molar-refractivity contribution in [3.05, 3.63) is 40.5 Å². The largest absolute Gasteiger partial charge is 0.352 e. The molecule has 19 heavy (non-hydrogen) atoms. The van der Waals surface area contributed by atoms with Crippen molar-refractivity contribution >= 4 is 44.3 Å². The molecule has 0 saturated heterocycles. The van der Waals surface area contributed by atoms with E-state index >= 15 is 0 Å². The fraction of sp³-hybridized carbons (Fsp3) is 0.286. The molecule has 0 aliphatic rings. The number of fused-ring (bicyclic) bond motifs is 1. The van der Waals surface area contributed by atoms with Crippen molar-refractivity contribution in [3.63, 3.8) is 0 Å². The van der Waals surface area contributed by atoms with Gasteiger partial charge in [0.15, 0.2) is 0 Å². The highest BCUT2D eigenvalue weighted by molar-refractivity contribution is 9.10. The van der Waals surface area contributed by atoms with Crippen molar-refractivity contribution in [2.75, 3.05) is 0 Å². The molecule has 0 bridgehead atoms. The molecule has 3 nitrogen and oxygen atoms in total. The number of nitrogens with one attached hydrogen (secondary N) is 1. The lowest BCUT2D eigenvalue weighted by atomic mass is 10.1. The summed E-state index contributed by atoms with van der Waals surface area (Å²) in [5.41, 5.74) is 1.47. The van der Waals surface area contributed by atoms with Gasteiger partial charge in [-0.15, -0.1) is 11.6 Å². The number of alkyl halides is 1. The Balaban J connectivity index is 2.45. The zero-order valence-corrected chi connectivity index (χ0v) is 13.0. The number of halogens is 2. The van der Waals surface area contributed by atoms with Gasteiger partial charge in [0.2, 0.25) is 5.91 Å². The average Bonchev–Trinajstić information content (AvgIpc) is 2.38. The number of carbonyl (C=O) groups is 1.